The fraction of sp³-hybridized carbons (Fsp3) is 1.00. The van der Waals surface area contributed by atoms with E-state index in [4.69, 9.17) is 0 Å². The highest BCUT2D eigenvalue weighted by atomic mass is 19.4. The van der Waals surface area contributed by atoms with Crippen molar-refractivity contribution in [2.75, 3.05) is 0 Å². The molecule has 78 valence electrons. The van der Waals surface area contributed by atoms with Crippen molar-refractivity contribution in [3.05, 3.63) is 0 Å². The van der Waals surface area contributed by atoms with Crippen molar-refractivity contribution in [2.45, 2.75) is 30.7 Å². The van der Waals surface area contributed by atoms with Crippen LogP contribution in [-0.2, 0) is 4.74 Å². The first-order valence-electron chi connectivity index (χ1n) is 2.98. The van der Waals surface area contributed by atoms with E-state index in [9.17, 15) is 30.7 Å². The molecule has 0 spiro atoms. The van der Waals surface area contributed by atoms with Gasteiger partial charge in [0, 0.05) is 6.92 Å². The fourth-order valence-corrected chi connectivity index (χ4v) is 0.832. The van der Waals surface area contributed by atoms with E-state index in [0.717, 1.165) is 0 Å². The summed E-state index contributed by atoms with van der Waals surface area (Å²) in [4.78, 5) is 0. The number of halogens is 7. The van der Waals surface area contributed by atoms with Gasteiger partial charge in [-0.1, -0.05) is 0 Å². The van der Waals surface area contributed by atoms with Crippen LogP contribution in [0.5, 0.6) is 0 Å². The summed E-state index contributed by atoms with van der Waals surface area (Å²) in [5.41, 5.74) is 0. The van der Waals surface area contributed by atoms with Gasteiger partial charge >= 0.3 is 18.0 Å². The van der Waals surface area contributed by atoms with Gasteiger partial charge < -0.3 is 0 Å². The maximum Gasteiger partial charge on any atom is 0.428 e. The van der Waals surface area contributed by atoms with E-state index in [2.05, 4.69) is 4.74 Å². The van der Waals surface area contributed by atoms with Crippen molar-refractivity contribution >= 4 is 0 Å². The Morgan fingerprint density at radius 3 is 1.23 bits per heavy atom. The molecule has 0 aromatic heterocycles. The zero-order valence-electron chi connectivity index (χ0n) is 6.05. The minimum absolute atomic E-state index is 0.179. The molecule has 0 saturated carbocycles. The molecule has 1 heterocycles. The Balaban J connectivity index is 3.24. The van der Waals surface area contributed by atoms with Gasteiger partial charge in [-0.3, -0.25) is 4.74 Å². The number of hydrogen-bond acceptors (Lipinski definition) is 1. The topological polar surface area (TPSA) is 9.23 Å². The van der Waals surface area contributed by atoms with Crippen LogP contribution in [0.15, 0.2) is 0 Å². The standard InChI is InChI=1S/C5H3F7O/c1-2(6)3(7,8)4(9,10)5(11,12)13-2/h1H3. The summed E-state index contributed by atoms with van der Waals surface area (Å²) in [5.74, 6) is -15.8. The SMILES string of the molecule is CC1(F)OC(F)(F)C(F)(F)C1(F)F. The maximum atomic E-state index is 12.4. The molecule has 1 unspecified atom stereocenters. The van der Waals surface area contributed by atoms with E-state index in [1.165, 1.54) is 0 Å². The lowest BCUT2D eigenvalue weighted by Crippen LogP contribution is -2.51. The minimum atomic E-state index is -5.84. The van der Waals surface area contributed by atoms with E-state index in [-0.39, 0.29) is 6.92 Å². The number of rotatable bonds is 0. The minimum Gasteiger partial charge on any atom is -0.272 e. The van der Waals surface area contributed by atoms with Gasteiger partial charge in [0.25, 0.3) is 5.85 Å². The van der Waals surface area contributed by atoms with Gasteiger partial charge in [-0.15, -0.1) is 0 Å². The first-order valence-corrected chi connectivity index (χ1v) is 2.98. The highest BCUT2D eigenvalue weighted by Crippen LogP contribution is 2.60. The van der Waals surface area contributed by atoms with Crippen LogP contribution >= 0.6 is 0 Å². The number of ether oxygens (including phenoxy) is 1. The molecule has 1 fully saturated rings. The second kappa shape index (κ2) is 2.10. The Labute approximate surface area is 67.5 Å². The van der Waals surface area contributed by atoms with Gasteiger partial charge in [0.05, 0.1) is 0 Å². The average Bonchev–Trinajstić information content (AvgIpc) is 1.88. The molecule has 8 heteroatoms. The monoisotopic (exact) mass is 212 g/mol. The zero-order chi connectivity index (χ0) is 10.7. The molecule has 1 atom stereocenters. The molecule has 1 aliphatic rings. The lowest BCUT2D eigenvalue weighted by Gasteiger charge is -2.22. The molecular formula is C5H3F7O. The third-order valence-electron chi connectivity index (χ3n) is 1.64. The Bertz CT molecular complexity index is 209. The molecule has 0 aromatic rings. The number of hydrogen-bond donors (Lipinski definition) is 0. The van der Waals surface area contributed by atoms with Gasteiger partial charge in [0.15, 0.2) is 0 Å². The first-order chi connectivity index (χ1) is 5.46. The van der Waals surface area contributed by atoms with Gasteiger partial charge in [-0.2, -0.15) is 26.3 Å². The Hall–Kier alpha value is -0.530. The quantitative estimate of drug-likeness (QED) is 0.560. The average molecular weight is 212 g/mol. The second-order valence-electron chi connectivity index (χ2n) is 2.68. The van der Waals surface area contributed by atoms with Crippen LogP contribution in [0.25, 0.3) is 0 Å². The Morgan fingerprint density at radius 1 is 0.769 bits per heavy atom. The summed E-state index contributed by atoms with van der Waals surface area (Å²) in [6, 6.07) is 0. The molecule has 0 aromatic carbocycles. The summed E-state index contributed by atoms with van der Waals surface area (Å²) >= 11 is 0. The van der Waals surface area contributed by atoms with Gasteiger partial charge in [0.1, 0.15) is 0 Å². The molecule has 0 radical (unpaired) electrons. The van der Waals surface area contributed by atoms with Crippen LogP contribution < -0.4 is 0 Å². The summed E-state index contributed by atoms with van der Waals surface area (Å²) < 4.78 is 87.9. The number of alkyl halides is 7. The molecule has 1 rings (SSSR count). The molecular weight excluding hydrogens is 209 g/mol. The molecule has 1 nitrogen and oxygen atoms in total. The van der Waals surface area contributed by atoms with Crippen molar-refractivity contribution in [2.24, 2.45) is 0 Å². The van der Waals surface area contributed by atoms with E-state index >= 15 is 0 Å². The van der Waals surface area contributed by atoms with E-state index < -0.39 is 23.8 Å². The van der Waals surface area contributed by atoms with Crippen molar-refractivity contribution in [3.63, 3.8) is 0 Å². The predicted octanol–water partition coefficient (Wildman–Crippen LogP) is 2.57. The van der Waals surface area contributed by atoms with E-state index in [1.807, 2.05) is 0 Å². The van der Waals surface area contributed by atoms with Gasteiger partial charge in [0.2, 0.25) is 0 Å². The molecule has 1 aliphatic heterocycles. The van der Waals surface area contributed by atoms with Crippen molar-refractivity contribution < 1.29 is 35.5 Å². The third kappa shape index (κ3) is 0.976. The van der Waals surface area contributed by atoms with E-state index in [1.54, 1.807) is 0 Å². The third-order valence-corrected chi connectivity index (χ3v) is 1.64. The second-order valence-corrected chi connectivity index (χ2v) is 2.68. The zero-order valence-corrected chi connectivity index (χ0v) is 6.05. The normalized spacial score (nSPS) is 40.6. The summed E-state index contributed by atoms with van der Waals surface area (Å²) in [6.45, 7) is -0.179. The highest BCUT2D eigenvalue weighted by molar-refractivity contribution is 5.05. The van der Waals surface area contributed by atoms with Crippen molar-refractivity contribution in [1.29, 1.82) is 0 Å². The molecule has 0 N–H and O–H groups in total. The molecule has 1 saturated heterocycles. The predicted molar refractivity (Wildman–Crippen MR) is 25.4 cm³/mol. The lowest BCUT2D eigenvalue weighted by atomic mass is 10.1. The van der Waals surface area contributed by atoms with Crippen LogP contribution in [0.1, 0.15) is 6.92 Å². The fourth-order valence-electron chi connectivity index (χ4n) is 0.832. The molecule has 0 aliphatic carbocycles. The molecule has 0 bridgehead atoms. The van der Waals surface area contributed by atoms with Gasteiger partial charge in [-0.05, 0) is 0 Å². The summed E-state index contributed by atoms with van der Waals surface area (Å²) in [6.07, 6.45) is -5.50. The molecule has 0 amide bonds. The first kappa shape index (κ1) is 10.6. The molecule has 13 heavy (non-hydrogen) atoms. The lowest BCUT2D eigenvalue weighted by molar-refractivity contribution is -0.335. The van der Waals surface area contributed by atoms with Crippen molar-refractivity contribution in [1.82, 2.24) is 0 Å². The maximum absolute atomic E-state index is 12.4. The summed E-state index contributed by atoms with van der Waals surface area (Å²) in [5, 5.41) is 0. The van der Waals surface area contributed by atoms with Crippen LogP contribution in [0.3, 0.4) is 0 Å². The highest BCUT2D eigenvalue weighted by Gasteiger charge is 2.88. The Kier molecular flexibility index (Phi) is 1.70. The largest absolute Gasteiger partial charge is 0.428 e. The van der Waals surface area contributed by atoms with Crippen LogP contribution in [0.2, 0.25) is 0 Å². The van der Waals surface area contributed by atoms with Crippen LogP contribution in [0, 0.1) is 0 Å². The van der Waals surface area contributed by atoms with Crippen LogP contribution in [-0.4, -0.2) is 23.8 Å². The smallest absolute Gasteiger partial charge is 0.272 e. The van der Waals surface area contributed by atoms with Crippen molar-refractivity contribution in [3.8, 4) is 0 Å². The summed E-state index contributed by atoms with van der Waals surface area (Å²) in [7, 11) is 0. The van der Waals surface area contributed by atoms with Gasteiger partial charge in [-0.25, -0.2) is 4.39 Å². The van der Waals surface area contributed by atoms with Crippen LogP contribution in [0.4, 0.5) is 30.7 Å². The van der Waals surface area contributed by atoms with E-state index in [0.29, 0.717) is 0 Å². The Morgan fingerprint density at radius 2 is 1.15 bits per heavy atom.